The number of imide groups is 2. The molecule has 0 bridgehead atoms. The Hall–Kier alpha value is -5.12. The maximum absolute atomic E-state index is 13.4. The molecule has 0 spiro atoms. The standard InChI is InChI=1S/C34H32N4O6/c39-27(19-21-7-1-2-8-21)35-15-5-17-37-31(41)23-11-13-25-30-26(14-12-24(29(23)30)32(37)42)34(44)38(33(25)43)18-6-16-36-28(40)20-22-9-3-4-10-22/h1-4,7-14,21-22H,5-6,15-20H2,(H,35,39)(H,36,40). The molecule has 6 rings (SSSR count). The Morgan fingerprint density at radius 3 is 1.18 bits per heavy atom. The van der Waals surface area contributed by atoms with E-state index >= 15 is 0 Å². The highest BCUT2D eigenvalue weighted by atomic mass is 16.2. The fraction of sp³-hybridized carbons (Fsp3) is 0.294. The SMILES string of the molecule is O=C(CC1C=CC=C1)NCCCN1C(=O)c2ccc3c4c(ccc(c24)C1=O)C(=O)N(CCCNC(=O)CC1C=CC=C1)C3=O. The molecular weight excluding hydrogens is 560 g/mol. The lowest BCUT2D eigenvalue weighted by atomic mass is 9.86. The van der Waals surface area contributed by atoms with Crippen LogP contribution in [-0.4, -0.2) is 71.4 Å². The minimum absolute atomic E-state index is 0.0828. The third-order valence-corrected chi connectivity index (χ3v) is 8.32. The first kappa shape index (κ1) is 29.0. The van der Waals surface area contributed by atoms with E-state index in [2.05, 4.69) is 10.6 Å². The van der Waals surface area contributed by atoms with Crippen LogP contribution in [0.25, 0.3) is 10.8 Å². The summed E-state index contributed by atoms with van der Waals surface area (Å²) in [6.07, 6.45) is 16.9. The van der Waals surface area contributed by atoms with Gasteiger partial charge in [-0.05, 0) is 37.1 Å². The molecule has 10 heteroatoms. The number of nitrogens with zero attached hydrogens (tertiary/aromatic N) is 2. The van der Waals surface area contributed by atoms with Crippen LogP contribution >= 0.6 is 0 Å². The van der Waals surface area contributed by atoms with Crippen molar-refractivity contribution >= 4 is 46.2 Å². The molecule has 2 aromatic carbocycles. The zero-order chi connectivity index (χ0) is 30.8. The third kappa shape index (κ3) is 5.50. The molecule has 4 aliphatic rings. The summed E-state index contributed by atoms with van der Waals surface area (Å²) in [4.78, 5) is 80.5. The number of hydrogen-bond donors (Lipinski definition) is 2. The minimum atomic E-state index is -0.500. The van der Waals surface area contributed by atoms with E-state index in [0.717, 1.165) is 9.80 Å². The molecule has 0 unspecified atom stereocenters. The fourth-order valence-corrected chi connectivity index (χ4v) is 6.11. The van der Waals surface area contributed by atoms with Crippen LogP contribution in [0.2, 0.25) is 0 Å². The van der Waals surface area contributed by atoms with E-state index in [0.29, 0.717) is 49.5 Å². The van der Waals surface area contributed by atoms with Gasteiger partial charge in [-0.2, -0.15) is 0 Å². The highest BCUT2D eigenvalue weighted by Crippen LogP contribution is 2.37. The van der Waals surface area contributed by atoms with E-state index < -0.39 is 23.6 Å². The number of rotatable bonds is 12. The predicted octanol–water partition coefficient (Wildman–Crippen LogP) is 3.31. The van der Waals surface area contributed by atoms with E-state index in [4.69, 9.17) is 0 Å². The number of benzene rings is 2. The van der Waals surface area contributed by atoms with Crippen LogP contribution in [0.3, 0.4) is 0 Å². The number of allylic oxidation sites excluding steroid dienone is 8. The molecule has 2 N–H and O–H groups in total. The highest BCUT2D eigenvalue weighted by Gasteiger charge is 2.39. The minimum Gasteiger partial charge on any atom is -0.356 e. The molecule has 0 saturated carbocycles. The molecule has 2 heterocycles. The molecule has 2 aromatic rings. The van der Waals surface area contributed by atoms with E-state index in [-0.39, 0.29) is 59.0 Å². The number of hydrogen-bond acceptors (Lipinski definition) is 6. The van der Waals surface area contributed by atoms with Crippen molar-refractivity contribution in [3.05, 3.63) is 95.1 Å². The van der Waals surface area contributed by atoms with Gasteiger partial charge in [0.05, 0.1) is 0 Å². The van der Waals surface area contributed by atoms with Crippen LogP contribution < -0.4 is 10.6 Å². The molecule has 0 aromatic heterocycles. The molecule has 0 radical (unpaired) electrons. The van der Waals surface area contributed by atoms with E-state index in [9.17, 15) is 28.8 Å². The molecule has 2 aliphatic heterocycles. The summed E-state index contributed by atoms with van der Waals surface area (Å²) in [7, 11) is 0. The first-order chi connectivity index (χ1) is 21.3. The van der Waals surface area contributed by atoms with Crippen LogP contribution in [0.5, 0.6) is 0 Å². The van der Waals surface area contributed by atoms with Gasteiger partial charge >= 0.3 is 0 Å². The van der Waals surface area contributed by atoms with Gasteiger partial charge in [0.1, 0.15) is 0 Å². The van der Waals surface area contributed by atoms with Gasteiger partial charge < -0.3 is 10.6 Å². The molecule has 224 valence electrons. The molecule has 10 nitrogen and oxygen atoms in total. The van der Waals surface area contributed by atoms with Crippen molar-refractivity contribution in [2.75, 3.05) is 26.2 Å². The average molecular weight is 593 g/mol. The summed E-state index contributed by atoms with van der Waals surface area (Å²) >= 11 is 0. The molecule has 0 saturated heterocycles. The summed E-state index contributed by atoms with van der Waals surface area (Å²) in [5.74, 6) is -2.04. The van der Waals surface area contributed by atoms with Crippen molar-refractivity contribution in [2.45, 2.75) is 25.7 Å². The van der Waals surface area contributed by atoms with E-state index in [1.165, 1.54) is 24.3 Å². The lowest BCUT2D eigenvalue weighted by Gasteiger charge is -2.32. The zero-order valence-corrected chi connectivity index (χ0v) is 24.1. The average Bonchev–Trinajstić information content (AvgIpc) is 3.72. The van der Waals surface area contributed by atoms with Gasteiger partial charge in [0.25, 0.3) is 23.6 Å². The molecular formula is C34H32N4O6. The summed E-state index contributed by atoms with van der Waals surface area (Å²) in [6.45, 7) is 0.853. The number of carbonyl (C=O) groups is 6. The summed E-state index contributed by atoms with van der Waals surface area (Å²) in [5, 5.41) is 6.32. The van der Waals surface area contributed by atoms with Gasteiger partial charge in [-0.25, -0.2) is 0 Å². The van der Waals surface area contributed by atoms with Crippen molar-refractivity contribution in [2.24, 2.45) is 11.8 Å². The van der Waals surface area contributed by atoms with E-state index in [1.54, 1.807) is 0 Å². The molecule has 0 fully saturated rings. The first-order valence-electron chi connectivity index (χ1n) is 14.9. The van der Waals surface area contributed by atoms with Crippen LogP contribution in [0, 0.1) is 11.8 Å². The van der Waals surface area contributed by atoms with Gasteiger partial charge in [-0.3, -0.25) is 38.6 Å². The van der Waals surface area contributed by atoms with Crippen molar-refractivity contribution in [1.82, 2.24) is 20.4 Å². The van der Waals surface area contributed by atoms with Crippen LogP contribution in [0.15, 0.2) is 72.9 Å². The van der Waals surface area contributed by atoms with Crippen molar-refractivity contribution < 1.29 is 28.8 Å². The Bertz CT molecular complexity index is 1500. The van der Waals surface area contributed by atoms with E-state index in [1.807, 2.05) is 48.6 Å². The number of carbonyl (C=O) groups excluding carboxylic acids is 6. The Balaban J connectivity index is 1.10. The van der Waals surface area contributed by atoms with Crippen LogP contribution in [0.1, 0.15) is 67.1 Å². The topological polar surface area (TPSA) is 133 Å². The van der Waals surface area contributed by atoms with Crippen LogP contribution in [-0.2, 0) is 9.59 Å². The summed E-state index contributed by atoms with van der Waals surface area (Å²) < 4.78 is 0. The Kier molecular flexibility index (Phi) is 8.06. The van der Waals surface area contributed by atoms with Gasteiger partial charge in [0.2, 0.25) is 11.8 Å². The maximum atomic E-state index is 13.4. The van der Waals surface area contributed by atoms with Gasteiger partial charge in [0.15, 0.2) is 0 Å². The largest absolute Gasteiger partial charge is 0.356 e. The number of nitrogens with one attached hydrogen (secondary N) is 2. The molecule has 0 atom stereocenters. The van der Waals surface area contributed by atoms with Gasteiger partial charge in [-0.1, -0.05) is 48.6 Å². The maximum Gasteiger partial charge on any atom is 0.261 e. The Labute approximate surface area is 254 Å². The van der Waals surface area contributed by atoms with Crippen molar-refractivity contribution in [1.29, 1.82) is 0 Å². The Morgan fingerprint density at radius 2 is 0.864 bits per heavy atom. The van der Waals surface area contributed by atoms with Crippen molar-refractivity contribution in [3.63, 3.8) is 0 Å². The lowest BCUT2D eigenvalue weighted by molar-refractivity contribution is -0.122. The van der Waals surface area contributed by atoms with Gasteiger partial charge in [0, 0.05) is 83.9 Å². The highest BCUT2D eigenvalue weighted by molar-refractivity contribution is 6.33. The smallest absolute Gasteiger partial charge is 0.261 e. The number of amides is 6. The quantitative estimate of drug-likeness (QED) is 0.287. The first-order valence-corrected chi connectivity index (χ1v) is 14.9. The van der Waals surface area contributed by atoms with Crippen molar-refractivity contribution in [3.8, 4) is 0 Å². The normalized spacial score (nSPS) is 17.1. The fourth-order valence-electron chi connectivity index (χ4n) is 6.11. The molecule has 44 heavy (non-hydrogen) atoms. The monoisotopic (exact) mass is 592 g/mol. The summed E-state index contributed by atoms with van der Waals surface area (Å²) in [5.41, 5.74) is 1.03. The second-order valence-corrected chi connectivity index (χ2v) is 11.3. The second kappa shape index (κ2) is 12.2. The second-order valence-electron chi connectivity index (χ2n) is 11.3. The van der Waals surface area contributed by atoms with Crippen LogP contribution in [0.4, 0.5) is 0 Å². The lowest BCUT2D eigenvalue weighted by Crippen LogP contribution is -2.44. The zero-order valence-electron chi connectivity index (χ0n) is 24.1. The predicted molar refractivity (Wildman–Crippen MR) is 163 cm³/mol. The third-order valence-electron chi connectivity index (χ3n) is 8.32. The Morgan fingerprint density at radius 1 is 0.545 bits per heavy atom. The molecule has 2 aliphatic carbocycles. The molecule has 6 amide bonds. The summed E-state index contributed by atoms with van der Waals surface area (Å²) in [6, 6.07) is 6.15. The van der Waals surface area contributed by atoms with Gasteiger partial charge in [-0.15, -0.1) is 0 Å².